The average molecular weight is 272 g/mol. The molecule has 0 saturated heterocycles. The Hall–Kier alpha value is -1.11. The van der Waals surface area contributed by atoms with Crippen molar-refractivity contribution in [2.45, 2.75) is 18.7 Å². The number of sulfonamides is 1. The fourth-order valence-electron chi connectivity index (χ4n) is 1.61. The highest BCUT2D eigenvalue weighted by molar-refractivity contribution is 7.89. The van der Waals surface area contributed by atoms with Crippen molar-refractivity contribution in [2.24, 2.45) is 5.92 Å². The van der Waals surface area contributed by atoms with Crippen LogP contribution in [0.2, 0.25) is 0 Å². The van der Waals surface area contributed by atoms with Crippen LogP contribution in [0.3, 0.4) is 0 Å². The lowest BCUT2D eigenvalue weighted by molar-refractivity contribution is 0.161. The van der Waals surface area contributed by atoms with Gasteiger partial charge in [0.25, 0.3) is 0 Å². The van der Waals surface area contributed by atoms with Crippen molar-refractivity contribution in [3.8, 4) is 0 Å². The van der Waals surface area contributed by atoms with E-state index in [4.69, 9.17) is 10.5 Å². The maximum absolute atomic E-state index is 12.0. The molecule has 0 aliphatic carbocycles. The molecule has 0 aliphatic heterocycles. The highest BCUT2D eigenvalue weighted by atomic mass is 32.2. The Bertz CT molecular complexity index is 480. The van der Waals surface area contributed by atoms with E-state index in [9.17, 15) is 8.42 Å². The first-order valence-corrected chi connectivity index (χ1v) is 7.19. The molecule has 1 atom stereocenters. The second-order valence-corrected chi connectivity index (χ2v) is 6.26. The lowest BCUT2D eigenvalue weighted by Crippen LogP contribution is -2.30. The van der Waals surface area contributed by atoms with Crippen molar-refractivity contribution in [2.75, 3.05) is 26.0 Å². The fourth-order valence-corrected chi connectivity index (χ4v) is 2.91. The first-order valence-electron chi connectivity index (χ1n) is 5.71. The minimum atomic E-state index is -3.50. The SMILES string of the molecule is COCC(C)CNS(=O)(=O)c1cc(C)cc(N)c1. The van der Waals surface area contributed by atoms with Crippen LogP contribution in [0.25, 0.3) is 0 Å². The first kappa shape index (κ1) is 14.9. The highest BCUT2D eigenvalue weighted by Crippen LogP contribution is 2.16. The van der Waals surface area contributed by atoms with Gasteiger partial charge in [0.15, 0.2) is 0 Å². The van der Waals surface area contributed by atoms with Crippen LogP contribution >= 0.6 is 0 Å². The van der Waals surface area contributed by atoms with Crippen molar-refractivity contribution in [3.05, 3.63) is 23.8 Å². The number of rotatable bonds is 6. The molecule has 0 fully saturated rings. The summed E-state index contributed by atoms with van der Waals surface area (Å²) < 4.78 is 31.6. The van der Waals surface area contributed by atoms with E-state index < -0.39 is 10.0 Å². The largest absolute Gasteiger partial charge is 0.399 e. The summed E-state index contributed by atoms with van der Waals surface area (Å²) in [4.78, 5) is 0.199. The van der Waals surface area contributed by atoms with Gasteiger partial charge >= 0.3 is 0 Å². The molecule has 102 valence electrons. The zero-order chi connectivity index (χ0) is 13.8. The van der Waals surface area contributed by atoms with Gasteiger partial charge in [0, 0.05) is 25.9 Å². The maximum atomic E-state index is 12.0. The van der Waals surface area contributed by atoms with E-state index in [0.717, 1.165) is 5.56 Å². The molecule has 0 spiro atoms. The molecular formula is C12H20N2O3S. The summed E-state index contributed by atoms with van der Waals surface area (Å²) in [5.74, 6) is 0.118. The Morgan fingerprint density at radius 3 is 2.61 bits per heavy atom. The molecule has 1 aromatic carbocycles. The third-order valence-electron chi connectivity index (χ3n) is 2.46. The van der Waals surface area contributed by atoms with E-state index in [1.807, 2.05) is 13.8 Å². The van der Waals surface area contributed by atoms with Crippen LogP contribution in [0, 0.1) is 12.8 Å². The number of hydrogen-bond acceptors (Lipinski definition) is 4. The lowest BCUT2D eigenvalue weighted by atomic mass is 10.2. The van der Waals surface area contributed by atoms with E-state index in [1.165, 1.54) is 6.07 Å². The number of nitrogens with two attached hydrogens (primary N) is 1. The van der Waals surface area contributed by atoms with E-state index >= 15 is 0 Å². The Balaban J connectivity index is 2.80. The summed E-state index contributed by atoms with van der Waals surface area (Å²) in [7, 11) is -1.91. The van der Waals surface area contributed by atoms with Gasteiger partial charge in [0.1, 0.15) is 0 Å². The first-order chi connectivity index (χ1) is 8.35. The van der Waals surface area contributed by atoms with Crippen molar-refractivity contribution in [3.63, 3.8) is 0 Å². The van der Waals surface area contributed by atoms with Crippen molar-refractivity contribution < 1.29 is 13.2 Å². The highest BCUT2D eigenvalue weighted by Gasteiger charge is 2.15. The van der Waals surface area contributed by atoms with Gasteiger partial charge in [-0.25, -0.2) is 13.1 Å². The number of nitrogen functional groups attached to an aromatic ring is 1. The van der Waals surface area contributed by atoms with Crippen molar-refractivity contribution in [1.29, 1.82) is 0 Å². The Labute approximate surface area is 108 Å². The van der Waals surface area contributed by atoms with Gasteiger partial charge < -0.3 is 10.5 Å². The smallest absolute Gasteiger partial charge is 0.240 e. The molecule has 6 heteroatoms. The van der Waals surface area contributed by atoms with E-state index in [2.05, 4.69) is 4.72 Å². The van der Waals surface area contributed by atoms with Crippen LogP contribution < -0.4 is 10.5 Å². The predicted octanol–water partition coefficient (Wildman–Crippen LogP) is 1.14. The third kappa shape index (κ3) is 4.29. The minimum Gasteiger partial charge on any atom is -0.399 e. The average Bonchev–Trinajstić information content (AvgIpc) is 2.26. The summed E-state index contributed by atoms with van der Waals surface area (Å²) in [6.45, 7) is 4.57. The van der Waals surface area contributed by atoms with E-state index in [1.54, 1.807) is 19.2 Å². The number of hydrogen-bond donors (Lipinski definition) is 2. The normalized spacial score (nSPS) is 13.5. The molecular weight excluding hydrogens is 252 g/mol. The molecule has 0 saturated carbocycles. The lowest BCUT2D eigenvalue weighted by Gasteiger charge is -2.12. The summed E-state index contributed by atoms with van der Waals surface area (Å²) in [5.41, 5.74) is 6.91. The van der Waals surface area contributed by atoms with Crippen LogP contribution in [-0.2, 0) is 14.8 Å². The predicted molar refractivity (Wildman–Crippen MR) is 71.8 cm³/mol. The maximum Gasteiger partial charge on any atom is 0.240 e. The zero-order valence-corrected chi connectivity index (χ0v) is 11.8. The van der Waals surface area contributed by atoms with E-state index in [-0.39, 0.29) is 10.8 Å². The second kappa shape index (κ2) is 6.17. The van der Waals surface area contributed by atoms with Gasteiger partial charge in [-0.2, -0.15) is 0 Å². The van der Waals surface area contributed by atoms with Gasteiger partial charge in [-0.15, -0.1) is 0 Å². The molecule has 0 heterocycles. The number of benzene rings is 1. The Kier molecular flexibility index (Phi) is 5.13. The van der Waals surface area contributed by atoms with Gasteiger partial charge in [-0.1, -0.05) is 6.92 Å². The van der Waals surface area contributed by atoms with Crippen LogP contribution in [0.4, 0.5) is 5.69 Å². The molecule has 1 unspecified atom stereocenters. The monoisotopic (exact) mass is 272 g/mol. The van der Waals surface area contributed by atoms with Gasteiger partial charge in [-0.05, 0) is 36.6 Å². The quantitative estimate of drug-likeness (QED) is 0.761. The van der Waals surface area contributed by atoms with Crippen molar-refractivity contribution >= 4 is 15.7 Å². The van der Waals surface area contributed by atoms with E-state index in [0.29, 0.717) is 18.8 Å². The van der Waals surface area contributed by atoms with Gasteiger partial charge in [0.2, 0.25) is 10.0 Å². The topological polar surface area (TPSA) is 81.4 Å². The molecule has 0 radical (unpaired) electrons. The Morgan fingerprint density at radius 1 is 1.39 bits per heavy atom. The number of ether oxygens (including phenoxy) is 1. The molecule has 0 bridgehead atoms. The number of nitrogens with one attached hydrogen (secondary N) is 1. The molecule has 0 aliphatic rings. The Morgan fingerprint density at radius 2 is 2.06 bits per heavy atom. The molecule has 0 amide bonds. The van der Waals surface area contributed by atoms with Crippen LogP contribution in [0.15, 0.2) is 23.1 Å². The molecule has 0 aromatic heterocycles. The van der Waals surface area contributed by atoms with Crippen LogP contribution in [0.5, 0.6) is 0 Å². The molecule has 5 nitrogen and oxygen atoms in total. The summed E-state index contributed by atoms with van der Waals surface area (Å²) in [5, 5.41) is 0. The standard InChI is InChI=1S/C12H20N2O3S/c1-9-4-11(13)6-12(5-9)18(15,16)14-7-10(2)8-17-3/h4-6,10,14H,7-8,13H2,1-3H3. The molecule has 1 aromatic rings. The summed E-state index contributed by atoms with van der Waals surface area (Å²) >= 11 is 0. The van der Waals surface area contributed by atoms with Crippen molar-refractivity contribution in [1.82, 2.24) is 4.72 Å². The molecule has 18 heavy (non-hydrogen) atoms. The summed E-state index contributed by atoms with van der Waals surface area (Å²) in [6, 6.07) is 4.78. The van der Waals surface area contributed by atoms with Gasteiger partial charge in [0.05, 0.1) is 4.90 Å². The number of methoxy groups -OCH3 is 1. The minimum absolute atomic E-state index is 0.118. The number of anilines is 1. The fraction of sp³-hybridized carbons (Fsp3) is 0.500. The van der Waals surface area contributed by atoms with Crippen LogP contribution in [-0.4, -0.2) is 28.7 Å². The third-order valence-corrected chi connectivity index (χ3v) is 3.86. The summed E-state index contributed by atoms with van der Waals surface area (Å²) in [6.07, 6.45) is 0. The van der Waals surface area contributed by atoms with Crippen LogP contribution in [0.1, 0.15) is 12.5 Å². The molecule has 1 rings (SSSR count). The second-order valence-electron chi connectivity index (χ2n) is 4.49. The zero-order valence-electron chi connectivity index (χ0n) is 10.9. The molecule has 3 N–H and O–H groups in total. The van der Waals surface area contributed by atoms with Gasteiger partial charge in [-0.3, -0.25) is 0 Å². The number of aryl methyl sites for hydroxylation is 1.